The third kappa shape index (κ3) is 14.9. The van der Waals surface area contributed by atoms with Crippen LogP contribution in [-0.2, 0) is 10.1 Å². The molecule has 4 nitrogen and oxygen atoms in total. The molecule has 1 unspecified atom stereocenters. The van der Waals surface area contributed by atoms with Gasteiger partial charge in [0.15, 0.2) is 0 Å². The predicted molar refractivity (Wildman–Crippen MR) is 67.6 cm³/mol. The van der Waals surface area contributed by atoms with Gasteiger partial charge in [-0.1, -0.05) is 45.4 Å². The van der Waals surface area contributed by atoms with Gasteiger partial charge in [-0.15, -0.1) is 0 Å². The SMILES string of the molecule is CCCCCCCCC(O)CS(=O)(=O)O.[NaH]. The van der Waals surface area contributed by atoms with E-state index in [9.17, 15) is 13.5 Å². The Morgan fingerprint density at radius 3 is 2.06 bits per heavy atom. The molecule has 0 amide bonds. The summed E-state index contributed by atoms with van der Waals surface area (Å²) < 4.78 is 29.3. The summed E-state index contributed by atoms with van der Waals surface area (Å²) in [6.07, 6.45) is 6.12. The first-order chi connectivity index (χ1) is 6.95. The Morgan fingerprint density at radius 2 is 1.56 bits per heavy atom. The molecule has 0 aromatic carbocycles. The van der Waals surface area contributed by atoms with E-state index in [1.54, 1.807) is 0 Å². The van der Waals surface area contributed by atoms with Gasteiger partial charge < -0.3 is 5.11 Å². The van der Waals surface area contributed by atoms with Crippen LogP contribution in [0.5, 0.6) is 0 Å². The van der Waals surface area contributed by atoms with Gasteiger partial charge in [-0.2, -0.15) is 8.42 Å². The number of unbranched alkanes of at least 4 members (excludes halogenated alkanes) is 5. The van der Waals surface area contributed by atoms with Gasteiger partial charge in [-0.3, -0.25) is 4.55 Å². The molecule has 0 aromatic rings. The van der Waals surface area contributed by atoms with Crippen LogP contribution in [0.25, 0.3) is 0 Å². The quantitative estimate of drug-likeness (QED) is 0.373. The van der Waals surface area contributed by atoms with Crippen LogP contribution in [0.1, 0.15) is 51.9 Å². The minimum absolute atomic E-state index is 0. The number of rotatable bonds is 9. The van der Waals surface area contributed by atoms with Gasteiger partial charge in [-0.25, -0.2) is 0 Å². The molecule has 0 spiro atoms. The molecule has 0 aliphatic carbocycles. The van der Waals surface area contributed by atoms with Crippen LogP contribution in [-0.4, -0.2) is 59.5 Å². The van der Waals surface area contributed by atoms with E-state index < -0.39 is 22.0 Å². The summed E-state index contributed by atoms with van der Waals surface area (Å²) >= 11 is 0. The van der Waals surface area contributed by atoms with Gasteiger partial charge >= 0.3 is 29.6 Å². The molecule has 16 heavy (non-hydrogen) atoms. The standard InChI is InChI=1S/C10H22O4S.Na.H/c1-2-3-4-5-6-7-8-10(11)9-15(12,13)14;;/h10-11H,2-9H2,1H3,(H,12,13,14);;. The van der Waals surface area contributed by atoms with Gasteiger partial charge in [0, 0.05) is 0 Å². The molecule has 0 aliphatic heterocycles. The Labute approximate surface area is 121 Å². The third-order valence-electron chi connectivity index (χ3n) is 2.29. The zero-order valence-corrected chi connectivity index (χ0v) is 10.2. The molecule has 1 atom stereocenters. The number of hydrogen-bond donors (Lipinski definition) is 2. The third-order valence-corrected chi connectivity index (χ3v) is 3.10. The van der Waals surface area contributed by atoms with Crippen molar-refractivity contribution in [2.75, 3.05) is 5.75 Å². The van der Waals surface area contributed by atoms with Crippen molar-refractivity contribution in [3.63, 3.8) is 0 Å². The molecular weight excluding hydrogens is 239 g/mol. The van der Waals surface area contributed by atoms with E-state index in [1.807, 2.05) is 0 Å². The average molecular weight is 262 g/mol. The fourth-order valence-corrected chi connectivity index (χ4v) is 2.14. The van der Waals surface area contributed by atoms with Crippen molar-refractivity contribution in [1.82, 2.24) is 0 Å². The Bertz CT molecular complexity index is 241. The van der Waals surface area contributed by atoms with Gasteiger partial charge in [-0.05, 0) is 6.42 Å². The van der Waals surface area contributed by atoms with Crippen molar-refractivity contribution in [3.05, 3.63) is 0 Å². The summed E-state index contributed by atoms with van der Waals surface area (Å²) in [6, 6.07) is 0. The van der Waals surface area contributed by atoms with Gasteiger partial charge in [0.2, 0.25) is 0 Å². The molecule has 0 heterocycles. The van der Waals surface area contributed by atoms with Crippen LogP contribution >= 0.6 is 0 Å². The summed E-state index contributed by atoms with van der Waals surface area (Å²) in [4.78, 5) is 0. The first kappa shape index (κ1) is 19.2. The number of aliphatic hydroxyl groups is 1. The van der Waals surface area contributed by atoms with Crippen molar-refractivity contribution in [2.45, 2.75) is 58.0 Å². The van der Waals surface area contributed by atoms with Gasteiger partial charge in [0.25, 0.3) is 10.1 Å². The summed E-state index contributed by atoms with van der Waals surface area (Å²) in [5.74, 6) is -0.540. The zero-order chi connectivity index (χ0) is 11.7. The minimum atomic E-state index is -4.02. The molecule has 0 bridgehead atoms. The average Bonchev–Trinajstić information content (AvgIpc) is 2.08. The van der Waals surface area contributed by atoms with E-state index >= 15 is 0 Å². The van der Waals surface area contributed by atoms with E-state index in [-0.39, 0.29) is 29.6 Å². The van der Waals surface area contributed by atoms with E-state index in [0.717, 1.165) is 19.3 Å². The number of aliphatic hydroxyl groups excluding tert-OH is 1. The molecule has 0 rings (SSSR count). The Hall–Kier alpha value is 0.870. The van der Waals surface area contributed by atoms with Gasteiger partial charge in [0.1, 0.15) is 5.75 Å². The molecule has 0 radical (unpaired) electrons. The van der Waals surface area contributed by atoms with Crippen molar-refractivity contribution in [3.8, 4) is 0 Å². The maximum atomic E-state index is 10.4. The molecule has 0 aliphatic rings. The van der Waals surface area contributed by atoms with Crippen LogP contribution in [0.3, 0.4) is 0 Å². The van der Waals surface area contributed by atoms with Crippen molar-refractivity contribution >= 4 is 39.7 Å². The van der Waals surface area contributed by atoms with Crippen molar-refractivity contribution < 1.29 is 18.1 Å². The van der Waals surface area contributed by atoms with E-state index in [1.165, 1.54) is 19.3 Å². The molecular formula is C10H23NaO4S. The molecule has 6 heteroatoms. The summed E-state index contributed by atoms with van der Waals surface area (Å²) in [5.41, 5.74) is 0. The Balaban J connectivity index is 0. The molecule has 94 valence electrons. The number of hydrogen-bond acceptors (Lipinski definition) is 3. The molecule has 0 fully saturated rings. The van der Waals surface area contributed by atoms with E-state index in [2.05, 4.69) is 6.92 Å². The first-order valence-electron chi connectivity index (χ1n) is 5.59. The van der Waals surface area contributed by atoms with Crippen LogP contribution < -0.4 is 0 Å². The predicted octanol–water partition coefficient (Wildman–Crippen LogP) is 1.34. The Kier molecular flexibility index (Phi) is 13.2. The Morgan fingerprint density at radius 1 is 1.06 bits per heavy atom. The zero-order valence-electron chi connectivity index (χ0n) is 9.35. The fourth-order valence-electron chi connectivity index (χ4n) is 1.49. The second-order valence-corrected chi connectivity index (χ2v) is 5.46. The summed E-state index contributed by atoms with van der Waals surface area (Å²) in [6.45, 7) is 2.15. The van der Waals surface area contributed by atoms with Crippen LogP contribution in [0.2, 0.25) is 0 Å². The molecule has 0 saturated carbocycles. The van der Waals surface area contributed by atoms with Gasteiger partial charge in [0.05, 0.1) is 6.10 Å². The normalized spacial score (nSPS) is 13.2. The first-order valence-corrected chi connectivity index (χ1v) is 7.20. The van der Waals surface area contributed by atoms with Crippen LogP contribution in [0, 0.1) is 0 Å². The molecule has 0 saturated heterocycles. The summed E-state index contributed by atoms with van der Waals surface area (Å²) in [7, 11) is -4.02. The second kappa shape index (κ2) is 11.0. The van der Waals surface area contributed by atoms with E-state index in [4.69, 9.17) is 4.55 Å². The second-order valence-electron chi connectivity index (χ2n) is 3.96. The van der Waals surface area contributed by atoms with Crippen LogP contribution in [0.15, 0.2) is 0 Å². The molecule has 2 N–H and O–H groups in total. The summed E-state index contributed by atoms with van der Waals surface area (Å²) in [5, 5.41) is 9.25. The van der Waals surface area contributed by atoms with E-state index in [0.29, 0.717) is 6.42 Å². The topological polar surface area (TPSA) is 74.6 Å². The fraction of sp³-hybridized carbons (Fsp3) is 1.00. The maximum absolute atomic E-state index is 10.4. The molecule has 0 aromatic heterocycles. The van der Waals surface area contributed by atoms with Crippen molar-refractivity contribution in [1.29, 1.82) is 0 Å². The van der Waals surface area contributed by atoms with Crippen molar-refractivity contribution in [2.24, 2.45) is 0 Å². The monoisotopic (exact) mass is 262 g/mol. The van der Waals surface area contributed by atoms with Crippen LogP contribution in [0.4, 0.5) is 0 Å².